The van der Waals surface area contributed by atoms with Gasteiger partial charge in [-0.3, -0.25) is 4.40 Å². The Balaban J connectivity index is 1.78. The van der Waals surface area contributed by atoms with Gasteiger partial charge in [-0.1, -0.05) is 65.8 Å². The Hall–Kier alpha value is -2.65. The maximum Gasteiger partial charge on any atom is 0.145 e. The van der Waals surface area contributed by atoms with Crippen LogP contribution in [0, 0.1) is 5.41 Å². The van der Waals surface area contributed by atoms with Gasteiger partial charge in [-0.15, -0.1) is 11.3 Å². The van der Waals surface area contributed by atoms with Gasteiger partial charge in [0.05, 0.1) is 11.7 Å². The lowest BCUT2D eigenvalue weighted by Crippen LogP contribution is -2.12. The molecule has 5 rings (SSSR count). The SMILES string of the molecule is CC(C)(C)Cc1csc2c1ccc1cnc(-c3cc(C(C)(C)C)c4ccccc4c3)n12. The van der Waals surface area contributed by atoms with Crippen LogP contribution in [-0.4, -0.2) is 9.38 Å². The molecule has 3 aromatic heterocycles. The second-order valence-corrected chi connectivity index (χ2v) is 11.7. The van der Waals surface area contributed by atoms with Crippen LogP contribution in [0.3, 0.4) is 0 Å². The highest BCUT2D eigenvalue weighted by molar-refractivity contribution is 7.17. The first-order valence-corrected chi connectivity index (χ1v) is 11.9. The van der Waals surface area contributed by atoms with Gasteiger partial charge in [0, 0.05) is 10.9 Å². The van der Waals surface area contributed by atoms with Crippen molar-refractivity contribution in [2.24, 2.45) is 5.41 Å². The zero-order valence-corrected chi connectivity index (χ0v) is 20.1. The molecule has 0 saturated heterocycles. The first-order valence-electron chi connectivity index (χ1n) is 11.0. The van der Waals surface area contributed by atoms with Crippen LogP contribution in [0.15, 0.2) is 60.1 Å². The van der Waals surface area contributed by atoms with Crippen LogP contribution < -0.4 is 0 Å². The number of benzene rings is 2. The number of nitrogens with zero attached hydrogens (tertiary/aromatic N) is 2. The van der Waals surface area contributed by atoms with Gasteiger partial charge < -0.3 is 0 Å². The van der Waals surface area contributed by atoms with Gasteiger partial charge in [-0.05, 0) is 68.8 Å². The van der Waals surface area contributed by atoms with Crippen molar-refractivity contribution in [2.75, 3.05) is 0 Å². The fourth-order valence-electron chi connectivity index (χ4n) is 4.58. The molecule has 0 spiro atoms. The molecule has 0 aliphatic rings. The molecular weight excluding hydrogens is 396 g/mol. The fourth-order valence-corrected chi connectivity index (χ4v) is 5.67. The molecule has 158 valence electrons. The molecule has 0 atom stereocenters. The molecule has 5 aromatic rings. The zero-order chi connectivity index (χ0) is 22.0. The molecule has 3 heterocycles. The second-order valence-electron chi connectivity index (χ2n) is 10.9. The summed E-state index contributed by atoms with van der Waals surface area (Å²) in [6.45, 7) is 13.8. The molecule has 31 heavy (non-hydrogen) atoms. The first kappa shape index (κ1) is 20.3. The Morgan fingerprint density at radius 2 is 1.68 bits per heavy atom. The molecule has 0 bridgehead atoms. The molecule has 0 saturated carbocycles. The Kier molecular flexibility index (Phi) is 4.53. The van der Waals surface area contributed by atoms with Crippen LogP contribution in [0.4, 0.5) is 0 Å². The molecule has 0 unspecified atom stereocenters. The van der Waals surface area contributed by atoms with E-state index in [1.807, 2.05) is 17.5 Å². The van der Waals surface area contributed by atoms with Gasteiger partial charge in [-0.25, -0.2) is 4.98 Å². The Morgan fingerprint density at radius 1 is 0.903 bits per heavy atom. The van der Waals surface area contributed by atoms with Crippen molar-refractivity contribution in [1.82, 2.24) is 9.38 Å². The van der Waals surface area contributed by atoms with Crippen LogP contribution in [0.5, 0.6) is 0 Å². The molecule has 0 radical (unpaired) electrons. The number of rotatable bonds is 2. The van der Waals surface area contributed by atoms with Gasteiger partial charge in [0.1, 0.15) is 10.7 Å². The number of hydrogen-bond acceptors (Lipinski definition) is 2. The molecule has 0 aliphatic heterocycles. The van der Waals surface area contributed by atoms with Crippen LogP contribution >= 0.6 is 11.3 Å². The van der Waals surface area contributed by atoms with E-state index in [4.69, 9.17) is 4.98 Å². The number of hydrogen-bond donors (Lipinski definition) is 0. The van der Waals surface area contributed by atoms with Crippen LogP contribution in [0.2, 0.25) is 0 Å². The van der Waals surface area contributed by atoms with E-state index in [1.165, 1.54) is 37.7 Å². The van der Waals surface area contributed by atoms with E-state index >= 15 is 0 Å². The molecular formula is C28H30N2S. The third-order valence-electron chi connectivity index (χ3n) is 5.95. The minimum absolute atomic E-state index is 0.0564. The number of thiophene rings is 1. The van der Waals surface area contributed by atoms with Crippen molar-refractivity contribution in [1.29, 1.82) is 0 Å². The maximum absolute atomic E-state index is 4.90. The summed E-state index contributed by atoms with van der Waals surface area (Å²) in [5, 5.41) is 6.28. The fraction of sp³-hybridized carbons (Fsp3) is 0.321. The normalized spacial score (nSPS) is 13.0. The number of fused-ring (bicyclic) bond motifs is 4. The summed E-state index contributed by atoms with van der Waals surface area (Å²) in [7, 11) is 0. The predicted octanol–water partition coefficient (Wildman–Crippen LogP) is 8.26. The first-order chi connectivity index (χ1) is 14.6. The van der Waals surface area contributed by atoms with Gasteiger partial charge >= 0.3 is 0 Å². The molecule has 2 aromatic carbocycles. The van der Waals surface area contributed by atoms with Crippen molar-refractivity contribution < 1.29 is 0 Å². The average molecular weight is 427 g/mol. The number of pyridine rings is 1. The lowest BCUT2D eigenvalue weighted by molar-refractivity contribution is 0.413. The van der Waals surface area contributed by atoms with Crippen LogP contribution in [0.1, 0.15) is 52.7 Å². The van der Waals surface area contributed by atoms with Gasteiger partial charge in [0.2, 0.25) is 0 Å². The van der Waals surface area contributed by atoms with E-state index in [0.29, 0.717) is 0 Å². The molecule has 3 heteroatoms. The lowest BCUT2D eigenvalue weighted by Gasteiger charge is -2.22. The smallest absolute Gasteiger partial charge is 0.145 e. The zero-order valence-electron chi connectivity index (χ0n) is 19.3. The van der Waals surface area contributed by atoms with Gasteiger partial charge in [0.25, 0.3) is 0 Å². The van der Waals surface area contributed by atoms with E-state index in [2.05, 4.69) is 99.9 Å². The summed E-state index contributed by atoms with van der Waals surface area (Å²) in [5.74, 6) is 1.03. The molecule has 0 fully saturated rings. The summed E-state index contributed by atoms with van der Waals surface area (Å²) < 4.78 is 2.35. The minimum atomic E-state index is 0.0564. The van der Waals surface area contributed by atoms with Crippen LogP contribution in [0.25, 0.3) is 37.9 Å². The Labute approximate surface area is 188 Å². The van der Waals surface area contributed by atoms with Crippen molar-refractivity contribution >= 4 is 37.8 Å². The van der Waals surface area contributed by atoms with Crippen molar-refractivity contribution in [2.45, 2.75) is 53.4 Å². The highest BCUT2D eigenvalue weighted by Gasteiger charge is 2.21. The Morgan fingerprint density at radius 3 is 2.42 bits per heavy atom. The highest BCUT2D eigenvalue weighted by Crippen LogP contribution is 2.37. The monoisotopic (exact) mass is 426 g/mol. The van der Waals surface area contributed by atoms with E-state index < -0.39 is 0 Å². The maximum atomic E-state index is 4.90. The van der Waals surface area contributed by atoms with E-state index in [0.717, 1.165) is 17.8 Å². The van der Waals surface area contributed by atoms with E-state index in [1.54, 1.807) is 0 Å². The van der Waals surface area contributed by atoms with Gasteiger partial charge in [0.15, 0.2) is 0 Å². The summed E-state index contributed by atoms with van der Waals surface area (Å²) in [6, 6.07) is 17.8. The summed E-state index contributed by atoms with van der Waals surface area (Å²) >= 11 is 1.83. The highest BCUT2D eigenvalue weighted by atomic mass is 32.1. The number of imidazole rings is 1. The molecule has 2 nitrogen and oxygen atoms in total. The van der Waals surface area contributed by atoms with Crippen molar-refractivity contribution in [3.05, 3.63) is 71.2 Å². The average Bonchev–Trinajstić information content (AvgIpc) is 3.29. The lowest BCUT2D eigenvalue weighted by atomic mass is 9.82. The Bertz CT molecular complexity index is 1420. The molecule has 0 amide bonds. The molecule has 0 aliphatic carbocycles. The quantitative estimate of drug-likeness (QED) is 0.278. The summed E-state index contributed by atoms with van der Waals surface area (Å²) in [6.07, 6.45) is 3.08. The van der Waals surface area contributed by atoms with Crippen molar-refractivity contribution in [3.63, 3.8) is 0 Å². The van der Waals surface area contributed by atoms with Gasteiger partial charge in [-0.2, -0.15) is 0 Å². The van der Waals surface area contributed by atoms with Crippen molar-refractivity contribution in [3.8, 4) is 11.4 Å². The standard InChI is InChI=1S/C28H30N2S/c1-27(2,3)15-20-17-31-26-23(20)12-11-21-16-29-25(30(21)26)19-13-18-9-7-8-10-22(18)24(14-19)28(4,5)6/h7-14,16-17H,15H2,1-6H3. The summed E-state index contributed by atoms with van der Waals surface area (Å²) in [4.78, 5) is 6.19. The summed E-state index contributed by atoms with van der Waals surface area (Å²) in [5.41, 5.74) is 5.45. The largest absolute Gasteiger partial charge is 0.283 e. The van der Waals surface area contributed by atoms with E-state index in [9.17, 15) is 0 Å². The molecule has 0 N–H and O–H groups in total. The minimum Gasteiger partial charge on any atom is -0.283 e. The van der Waals surface area contributed by atoms with Crippen LogP contribution in [-0.2, 0) is 11.8 Å². The topological polar surface area (TPSA) is 17.3 Å². The third-order valence-corrected chi connectivity index (χ3v) is 6.98. The second kappa shape index (κ2) is 6.93. The number of aromatic nitrogens is 2. The third kappa shape index (κ3) is 3.55. The van der Waals surface area contributed by atoms with E-state index in [-0.39, 0.29) is 10.8 Å². The predicted molar refractivity (Wildman–Crippen MR) is 135 cm³/mol.